The van der Waals surface area contributed by atoms with Gasteiger partial charge in [-0.05, 0) is 38.0 Å². The Morgan fingerprint density at radius 1 is 1.06 bits per heavy atom. The fourth-order valence-electron chi connectivity index (χ4n) is 3.93. The van der Waals surface area contributed by atoms with Crippen molar-refractivity contribution >= 4 is 0 Å². The van der Waals surface area contributed by atoms with Gasteiger partial charge in [-0.3, -0.25) is 0 Å². The molecule has 3 heteroatoms. The SMILES string of the molecule is OC(C1CCOC1)C1CCOC2(CCCC2)C1. The Labute approximate surface area is 103 Å². The van der Waals surface area contributed by atoms with Gasteiger partial charge in [0.1, 0.15) is 0 Å². The monoisotopic (exact) mass is 240 g/mol. The molecule has 1 aliphatic carbocycles. The highest BCUT2D eigenvalue weighted by molar-refractivity contribution is 4.94. The van der Waals surface area contributed by atoms with Gasteiger partial charge < -0.3 is 14.6 Å². The zero-order valence-corrected chi connectivity index (χ0v) is 10.6. The minimum Gasteiger partial charge on any atom is -0.392 e. The fraction of sp³-hybridized carbons (Fsp3) is 1.00. The van der Waals surface area contributed by atoms with E-state index < -0.39 is 0 Å². The van der Waals surface area contributed by atoms with Gasteiger partial charge in [0.05, 0.1) is 18.3 Å². The standard InChI is InChI=1S/C14H24O3/c15-13(12-3-7-16-10-12)11-4-8-17-14(9-11)5-1-2-6-14/h11-13,15H,1-10H2. The summed E-state index contributed by atoms with van der Waals surface area (Å²) in [6, 6.07) is 0. The number of hydrogen-bond acceptors (Lipinski definition) is 3. The first-order chi connectivity index (χ1) is 8.29. The molecule has 98 valence electrons. The van der Waals surface area contributed by atoms with E-state index >= 15 is 0 Å². The minimum atomic E-state index is -0.168. The Bertz CT molecular complexity index is 254. The van der Waals surface area contributed by atoms with Crippen LogP contribution in [0.4, 0.5) is 0 Å². The summed E-state index contributed by atoms with van der Waals surface area (Å²) in [6.45, 7) is 2.43. The maximum Gasteiger partial charge on any atom is 0.0686 e. The maximum atomic E-state index is 10.5. The lowest BCUT2D eigenvalue weighted by molar-refractivity contribution is -0.119. The maximum absolute atomic E-state index is 10.5. The molecule has 3 rings (SSSR count). The van der Waals surface area contributed by atoms with Crippen LogP contribution in [0.25, 0.3) is 0 Å². The Hall–Kier alpha value is -0.120. The van der Waals surface area contributed by atoms with Crippen LogP contribution in [0.2, 0.25) is 0 Å². The molecule has 0 aromatic heterocycles. The summed E-state index contributed by atoms with van der Waals surface area (Å²) in [5.74, 6) is 0.810. The van der Waals surface area contributed by atoms with Crippen molar-refractivity contribution in [2.75, 3.05) is 19.8 Å². The zero-order valence-electron chi connectivity index (χ0n) is 10.6. The van der Waals surface area contributed by atoms with Gasteiger partial charge in [-0.1, -0.05) is 12.8 Å². The lowest BCUT2D eigenvalue weighted by Crippen LogP contribution is -2.43. The van der Waals surface area contributed by atoms with E-state index in [1.165, 1.54) is 25.7 Å². The quantitative estimate of drug-likeness (QED) is 0.803. The molecule has 2 heterocycles. The third-order valence-electron chi connectivity index (χ3n) is 4.98. The molecule has 1 N–H and O–H groups in total. The largest absolute Gasteiger partial charge is 0.392 e. The lowest BCUT2D eigenvalue weighted by atomic mass is 9.78. The van der Waals surface area contributed by atoms with Crippen LogP contribution in [0.1, 0.15) is 44.9 Å². The second-order valence-electron chi connectivity index (χ2n) is 6.11. The van der Waals surface area contributed by atoms with Crippen LogP contribution in [0, 0.1) is 11.8 Å². The van der Waals surface area contributed by atoms with Crippen LogP contribution in [0.3, 0.4) is 0 Å². The summed E-state index contributed by atoms with van der Waals surface area (Å²) < 4.78 is 11.4. The zero-order chi connectivity index (χ0) is 11.7. The van der Waals surface area contributed by atoms with E-state index in [1.807, 2.05) is 0 Å². The average Bonchev–Trinajstić information content (AvgIpc) is 3.00. The summed E-state index contributed by atoms with van der Waals surface area (Å²) in [6.07, 6.45) is 7.98. The predicted molar refractivity (Wildman–Crippen MR) is 64.8 cm³/mol. The van der Waals surface area contributed by atoms with Gasteiger partial charge >= 0.3 is 0 Å². The molecule has 2 aliphatic heterocycles. The van der Waals surface area contributed by atoms with Gasteiger partial charge in [-0.15, -0.1) is 0 Å². The second kappa shape index (κ2) is 4.87. The summed E-state index contributed by atoms with van der Waals surface area (Å²) in [4.78, 5) is 0. The van der Waals surface area contributed by atoms with Gasteiger partial charge in [-0.25, -0.2) is 0 Å². The molecule has 0 bridgehead atoms. The van der Waals surface area contributed by atoms with Crippen molar-refractivity contribution in [2.24, 2.45) is 11.8 Å². The predicted octanol–water partition coefficient (Wildman–Crippen LogP) is 2.12. The van der Waals surface area contributed by atoms with Crippen molar-refractivity contribution in [1.29, 1.82) is 0 Å². The van der Waals surface area contributed by atoms with Crippen LogP contribution >= 0.6 is 0 Å². The normalized spacial score (nSPS) is 38.6. The average molecular weight is 240 g/mol. The molecule has 17 heavy (non-hydrogen) atoms. The van der Waals surface area contributed by atoms with E-state index in [1.54, 1.807) is 0 Å². The van der Waals surface area contributed by atoms with Gasteiger partial charge in [-0.2, -0.15) is 0 Å². The van der Waals surface area contributed by atoms with Gasteiger partial charge in [0.2, 0.25) is 0 Å². The molecule has 1 saturated carbocycles. The minimum absolute atomic E-state index is 0.128. The first-order valence-electron chi connectivity index (χ1n) is 7.19. The summed E-state index contributed by atoms with van der Waals surface area (Å²) in [5, 5.41) is 10.5. The van der Waals surface area contributed by atoms with Crippen LogP contribution in [0.5, 0.6) is 0 Å². The molecule has 3 nitrogen and oxygen atoms in total. The van der Waals surface area contributed by atoms with Gasteiger partial charge in [0, 0.05) is 19.1 Å². The van der Waals surface area contributed by atoms with E-state index in [4.69, 9.17) is 9.47 Å². The molecule has 0 amide bonds. The molecule has 2 saturated heterocycles. The third-order valence-corrected chi connectivity index (χ3v) is 4.98. The van der Waals surface area contributed by atoms with Crippen molar-refractivity contribution in [3.8, 4) is 0 Å². The first kappa shape index (κ1) is 11.9. The van der Waals surface area contributed by atoms with Crippen molar-refractivity contribution < 1.29 is 14.6 Å². The molecule has 0 radical (unpaired) electrons. The molecular weight excluding hydrogens is 216 g/mol. The van der Waals surface area contributed by atoms with Crippen LogP contribution in [0.15, 0.2) is 0 Å². The molecule has 0 aromatic rings. The van der Waals surface area contributed by atoms with E-state index in [2.05, 4.69) is 0 Å². The number of ether oxygens (including phenoxy) is 2. The van der Waals surface area contributed by atoms with Gasteiger partial charge in [0.25, 0.3) is 0 Å². The van der Waals surface area contributed by atoms with Crippen LogP contribution in [-0.4, -0.2) is 36.6 Å². The van der Waals surface area contributed by atoms with Crippen LogP contribution < -0.4 is 0 Å². The first-order valence-corrected chi connectivity index (χ1v) is 7.19. The molecular formula is C14H24O3. The molecule has 3 fully saturated rings. The van der Waals surface area contributed by atoms with Gasteiger partial charge in [0.15, 0.2) is 0 Å². The Morgan fingerprint density at radius 2 is 1.82 bits per heavy atom. The highest BCUT2D eigenvalue weighted by Gasteiger charge is 2.43. The number of aliphatic hydroxyl groups excluding tert-OH is 1. The van der Waals surface area contributed by atoms with Crippen LogP contribution in [-0.2, 0) is 9.47 Å². The topological polar surface area (TPSA) is 38.7 Å². The van der Waals surface area contributed by atoms with Crippen molar-refractivity contribution in [3.05, 3.63) is 0 Å². The summed E-state index contributed by atoms with van der Waals surface area (Å²) in [5.41, 5.74) is 0.128. The number of hydrogen-bond donors (Lipinski definition) is 1. The van der Waals surface area contributed by atoms with E-state index in [-0.39, 0.29) is 11.7 Å². The summed E-state index contributed by atoms with van der Waals surface area (Å²) >= 11 is 0. The molecule has 3 unspecified atom stereocenters. The Morgan fingerprint density at radius 3 is 2.53 bits per heavy atom. The third kappa shape index (κ3) is 2.38. The molecule has 0 aromatic carbocycles. The molecule has 1 spiro atoms. The highest BCUT2D eigenvalue weighted by Crippen LogP contribution is 2.44. The number of rotatable bonds is 2. The van der Waals surface area contributed by atoms with Crippen molar-refractivity contribution in [2.45, 2.75) is 56.7 Å². The molecule has 3 atom stereocenters. The van der Waals surface area contributed by atoms with Crippen molar-refractivity contribution in [1.82, 2.24) is 0 Å². The summed E-state index contributed by atoms with van der Waals surface area (Å²) in [7, 11) is 0. The Balaban J connectivity index is 1.62. The number of aliphatic hydroxyl groups is 1. The Kier molecular flexibility index (Phi) is 3.42. The second-order valence-corrected chi connectivity index (χ2v) is 6.11. The van der Waals surface area contributed by atoms with E-state index in [0.29, 0.717) is 11.8 Å². The lowest BCUT2D eigenvalue weighted by Gasteiger charge is -2.41. The molecule has 3 aliphatic rings. The fourth-order valence-corrected chi connectivity index (χ4v) is 3.93. The van der Waals surface area contributed by atoms with E-state index in [9.17, 15) is 5.11 Å². The highest BCUT2D eigenvalue weighted by atomic mass is 16.5. The smallest absolute Gasteiger partial charge is 0.0686 e. The van der Waals surface area contributed by atoms with E-state index in [0.717, 1.165) is 39.1 Å². The van der Waals surface area contributed by atoms with Crippen molar-refractivity contribution in [3.63, 3.8) is 0 Å².